The van der Waals surface area contributed by atoms with E-state index in [0.29, 0.717) is 31.7 Å². The minimum atomic E-state index is -0.985. The SMILES string of the molecule is COC(=O)N[C@H](CC1CCC1)C(=O)N1CCC[C@H]1C(=O)O. The van der Waals surface area contributed by atoms with E-state index in [1.54, 1.807) is 0 Å². The Morgan fingerprint density at radius 1 is 1.29 bits per heavy atom. The van der Waals surface area contributed by atoms with Crippen molar-refractivity contribution in [2.24, 2.45) is 5.92 Å². The van der Waals surface area contributed by atoms with Crippen LogP contribution in [-0.4, -0.2) is 53.7 Å². The fourth-order valence-electron chi connectivity index (χ4n) is 2.97. The number of alkyl carbamates (subject to hydrolysis) is 1. The van der Waals surface area contributed by atoms with Crippen molar-refractivity contribution in [1.29, 1.82) is 0 Å². The van der Waals surface area contributed by atoms with Gasteiger partial charge in [-0.15, -0.1) is 0 Å². The summed E-state index contributed by atoms with van der Waals surface area (Å²) in [7, 11) is 1.25. The van der Waals surface area contributed by atoms with Gasteiger partial charge in [-0.3, -0.25) is 4.79 Å². The Labute approximate surface area is 123 Å². The van der Waals surface area contributed by atoms with Crippen molar-refractivity contribution in [1.82, 2.24) is 10.2 Å². The number of ether oxygens (including phenoxy) is 1. The zero-order valence-electron chi connectivity index (χ0n) is 12.2. The van der Waals surface area contributed by atoms with Gasteiger partial charge >= 0.3 is 12.1 Å². The molecule has 0 aromatic rings. The van der Waals surface area contributed by atoms with Gasteiger partial charge in [-0.1, -0.05) is 19.3 Å². The fraction of sp³-hybridized carbons (Fsp3) is 0.786. The molecule has 7 nitrogen and oxygen atoms in total. The van der Waals surface area contributed by atoms with E-state index in [1.165, 1.54) is 12.0 Å². The number of aliphatic carboxylic acids is 1. The van der Waals surface area contributed by atoms with Crippen molar-refractivity contribution in [3.8, 4) is 0 Å². The van der Waals surface area contributed by atoms with Crippen molar-refractivity contribution in [2.75, 3.05) is 13.7 Å². The zero-order valence-corrected chi connectivity index (χ0v) is 12.2. The lowest BCUT2D eigenvalue weighted by Crippen LogP contribution is -2.52. The van der Waals surface area contributed by atoms with Crippen LogP contribution in [0.5, 0.6) is 0 Å². The second-order valence-corrected chi connectivity index (χ2v) is 5.75. The monoisotopic (exact) mass is 298 g/mol. The van der Waals surface area contributed by atoms with E-state index in [9.17, 15) is 19.5 Å². The molecule has 2 fully saturated rings. The van der Waals surface area contributed by atoms with Gasteiger partial charge in [0.1, 0.15) is 12.1 Å². The number of hydrogen-bond donors (Lipinski definition) is 2. The van der Waals surface area contributed by atoms with E-state index in [-0.39, 0.29) is 5.91 Å². The predicted molar refractivity (Wildman–Crippen MR) is 73.7 cm³/mol. The molecule has 0 unspecified atom stereocenters. The second-order valence-electron chi connectivity index (χ2n) is 5.75. The van der Waals surface area contributed by atoms with E-state index in [1.807, 2.05) is 0 Å². The van der Waals surface area contributed by atoms with Gasteiger partial charge in [-0.25, -0.2) is 9.59 Å². The van der Waals surface area contributed by atoms with Gasteiger partial charge in [0, 0.05) is 6.54 Å². The Bertz CT molecular complexity index is 422. The first-order valence-corrected chi connectivity index (χ1v) is 7.40. The minimum absolute atomic E-state index is 0.308. The first-order valence-electron chi connectivity index (χ1n) is 7.40. The number of carbonyl (C=O) groups is 3. The summed E-state index contributed by atoms with van der Waals surface area (Å²) >= 11 is 0. The van der Waals surface area contributed by atoms with Crippen molar-refractivity contribution in [3.05, 3.63) is 0 Å². The molecular weight excluding hydrogens is 276 g/mol. The van der Waals surface area contributed by atoms with E-state index in [2.05, 4.69) is 10.1 Å². The number of amides is 2. The minimum Gasteiger partial charge on any atom is -0.480 e. The number of carboxylic acids is 1. The highest BCUT2D eigenvalue weighted by atomic mass is 16.5. The third kappa shape index (κ3) is 3.65. The summed E-state index contributed by atoms with van der Waals surface area (Å²) in [5.74, 6) is -0.875. The van der Waals surface area contributed by atoms with E-state index < -0.39 is 24.1 Å². The molecule has 7 heteroatoms. The van der Waals surface area contributed by atoms with Crippen LogP contribution in [0.4, 0.5) is 4.79 Å². The molecule has 2 rings (SSSR count). The Morgan fingerprint density at radius 3 is 2.52 bits per heavy atom. The molecule has 2 aliphatic rings. The fourth-order valence-corrected chi connectivity index (χ4v) is 2.97. The molecule has 0 aromatic heterocycles. The average Bonchev–Trinajstić information content (AvgIpc) is 2.89. The van der Waals surface area contributed by atoms with Crippen LogP contribution in [0.25, 0.3) is 0 Å². The van der Waals surface area contributed by atoms with Crippen molar-refractivity contribution >= 4 is 18.0 Å². The maximum absolute atomic E-state index is 12.6. The summed E-state index contributed by atoms with van der Waals surface area (Å²) in [6.07, 6.45) is 4.29. The third-order valence-corrected chi connectivity index (χ3v) is 4.39. The van der Waals surface area contributed by atoms with Crippen LogP contribution < -0.4 is 5.32 Å². The topological polar surface area (TPSA) is 95.9 Å². The molecular formula is C14H22N2O5. The Balaban J connectivity index is 2.04. The van der Waals surface area contributed by atoms with Gasteiger partial charge in [-0.2, -0.15) is 0 Å². The van der Waals surface area contributed by atoms with E-state index in [0.717, 1.165) is 19.3 Å². The molecule has 1 aliphatic heterocycles. The Kier molecular flexibility index (Phi) is 5.03. The first-order chi connectivity index (χ1) is 10.0. The molecule has 0 bridgehead atoms. The smallest absolute Gasteiger partial charge is 0.407 e. The lowest BCUT2D eigenvalue weighted by Gasteiger charge is -2.32. The number of nitrogens with zero attached hydrogens (tertiary/aromatic N) is 1. The Hall–Kier alpha value is -1.79. The average molecular weight is 298 g/mol. The third-order valence-electron chi connectivity index (χ3n) is 4.39. The molecule has 21 heavy (non-hydrogen) atoms. The normalized spacial score (nSPS) is 23.3. The second kappa shape index (κ2) is 6.78. The zero-order chi connectivity index (χ0) is 15.4. The van der Waals surface area contributed by atoms with Crippen molar-refractivity contribution in [2.45, 2.75) is 50.6 Å². The highest BCUT2D eigenvalue weighted by Crippen LogP contribution is 2.31. The summed E-state index contributed by atoms with van der Waals surface area (Å²) in [5, 5.41) is 11.7. The van der Waals surface area contributed by atoms with Crippen LogP contribution in [0.3, 0.4) is 0 Å². The summed E-state index contributed by atoms with van der Waals surface area (Å²) in [6, 6.07) is -1.47. The largest absolute Gasteiger partial charge is 0.480 e. The van der Waals surface area contributed by atoms with Gasteiger partial charge in [0.05, 0.1) is 7.11 Å². The molecule has 2 amide bonds. The van der Waals surface area contributed by atoms with Gasteiger partial charge in [0.15, 0.2) is 0 Å². The number of likely N-dealkylation sites (tertiary alicyclic amines) is 1. The number of hydrogen-bond acceptors (Lipinski definition) is 4. The molecule has 1 saturated carbocycles. The standard InChI is InChI=1S/C14H22N2O5/c1-21-14(20)15-10(8-9-4-2-5-9)12(17)16-7-3-6-11(16)13(18)19/h9-11H,2-8H2,1H3,(H,15,20)(H,18,19)/t10-,11+/m1/s1. The summed E-state index contributed by atoms with van der Waals surface area (Å²) in [4.78, 5) is 36.6. The molecule has 0 radical (unpaired) electrons. The quantitative estimate of drug-likeness (QED) is 0.788. The lowest BCUT2D eigenvalue weighted by atomic mass is 9.80. The lowest BCUT2D eigenvalue weighted by molar-refractivity contribution is -0.149. The van der Waals surface area contributed by atoms with Crippen LogP contribution >= 0.6 is 0 Å². The molecule has 1 heterocycles. The molecule has 2 N–H and O–H groups in total. The summed E-state index contributed by atoms with van der Waals surface area (Å²) in [6.45, 7) is 0.430. The number of methoxy groups -OCH3 is 1. The maximum Gasteiger partial charge on any atom is 0.407 e. The number of carboxylic acid groups (broad SMARTS) is 1. The number of rotatable bonds is 5. The molecule has 118 valence electrons. The van der Waals surface area contributed by atoms with Gasteiger partial charge in [-0.05, 0) is 25.2 Å². The highest BCUT2D eigenvalue weighted by molar-refractivity contribution is 5.89. The van der Waals surface area contributed by atoms with Crippen LogP contribution in [0.1, 0.15) is 38.5 Å². The van der Waals surface area contributed by atoms with Crippen LogP contribution in [0.15, 0.2) is 0 Å². The molecule has 2 atom stereocenters. The van der Waals surface area contributed by atoms with Crippen LogP contribution in [0.2, 0.25) is 0 Å². The molecule has 0 spiro atoms. The predicted octanol–water partition coefficient (Wildman–Crippen LogP) is 0.977. The van der Waals surface area contributed by atoms with E-state index >= 15 is 0 Å². The van der Waals surface area contributed by atoms with Crippen LogP contribution in [0, 0.1) is 5.92 Å². The summed E-state index contributed by atoms with van der Waals surface area (Å²) in [5.41, 5.74) is 0. The Morgan fingerprint density at radius 2 is 2.00 bits per heavy atom. The summed E-state index contributed by atoms with van der Waals surface area (Å²) < 4.78 is 4.56. The van der Waals surface area contributed by atoms with Gasteiger partial charge < -0.3 is 20.1 Å². The first kappa shape index (κ1) is 15.6. The molecule has 1 aliphatic carbocycles. The van der Waals surface area contributed by atoms with Crippen molar-refractivity contribution < 1.29 is 24.2 Å². The number of nitrogens with one attached hydrogen (secondary N) is 1. The van der Waals surface area contributed by atoms with Crippen LogP contribution in [-0.2, 0) is 14.3 Å². The van der Waals surface area contributed by atoms with Crippen molar-refractivity contribution in [3.63, 3.8) is 0 Å². The number of carbonyl (C=O) groups excluding carboxylic acids is 2. The van der Waals surface area contributed by atoms with Gasteiger partial charge in [0.25, 0.3) is 0 Å². The highest BCUT2D eigenvalue weighted by Gasteiger charge is 2.38. The molecule has 0 aromatic carbocycles. The van der Waals surface area contributed by atoms with Gasteiger partial charge in [0.2, 0.25) is 5.91 Å². The van der Waals surface area contributed by atoms with E-state index in [4.69, 9.17) is 0 Å². The maximum atomic E-state index is 12.6. The molecule has 1 saturated heterocycles.